The van der Waals surface area contributed by atoms with Gasteiger partial charge in [0.25, 0.3) is 0 Å². The lowest BCUT2D eigenvalue weighted by atomic mass is 9.47. The Morgan fingerprint density at radius 3 is 2.87 bits per heavy atom. The molecule has 2 N–H and O–H groups in total. The summed E-state index contributed by atoms with van der Waals surface area (Å²) >= 11 is 0. The number of fused-ring (bicyclic) bond motifs is 2. The smallest absolute Gasteiger partial charge is 0.307 e. The zero-order chi connectivity index (χ0) is 22.4. The molecule has 0 saturated heterocycles. The third kappa shape index (κ3) is 3.70. The average Bonchev–Trinajstić information content (AvgIpc) is 3.07. The van der Waals surface area contributed by atoms with Crippen LogP contribution in [0.1, 0.15) is 73.1 Å². The molecule has 4 rings (SSSR count). The van der Waals surface area contributed by atoms with Gasteiger partial charge in [0, 0.05) is 0 Å². The van der Waals surface area contributed by atoms with E-state index in [1.54, 1.807) is 5.57 Å². The maximum atomic E-state index is 6.14. The number of nitrogen functional groups attached to an aromatic ring is 1. The monoisotopic (exact) mass is 422 g/mol. The topological polar surface area (TPSA) is 60.6 Å². The van der Waals surface area contributed by atoms with Gasteiger partial charge in [-0.1, -0.05) is 49.1 Å². The maximum absolute atomic E-state index is 6.14. The molecule has 0 spiro atoms. The first-order chi connectivity index (χ1) is 14.7. The van der Waals surface area contributed by atoms with Crippen LogP contribution in [0, 0.1) is 22.7 Å². The molecule has 0 amide bonds. The standard InChI is InChI=1S/C26H40N5/c1-18(12-15-31-17-30(6)24-22(31)23(27)28-16-29-24)10-13-25(4)20(3)11-14-26(5)19(2)8-7-9-21(25)26/h8,12,16-17,20-21H,7,9-11,13-15H2,1-6H3,(H2,27,28,29)/q+1/t20-,21-,25+,26+/m0/s1. The molecule has 1 fully saturated rings. The highest BCUT2D eigenvalue weighted by molar-refractivity contribution is 5.79. The molecule has 0 aromatic carbocycles. The van der Waals surface area contributed by atoms with Gasteiger partial charge in [-0.25, -0.2) is 4.57 Å². The Kier molecular flexibility index (Phi) is 5.74. The molecule has 0 bridgehead atoms. The van der Waals surface area contributed by atoms with E-state index in [1.165, 1.54) is 44.0 Å². The van der Waals surface area contributed by atoms with E-state index in [0.717, 1.165) is 36.0 Å². The molecule has 5 nitrogen and oxygen atoms in total. The Balaban J connectivity index is 1.50. The number of anilines is 1. The van der Waals surface area contributed by atoms with E-state index in [9.17, 15) is 0 Å². The summed E-state index contributed by atoms with van der Waals surface area (Å²) in [6, 6.07) is 0. The number of rotatable bonds is 5. The van der Waals surface area contributed by atoms with Crippen molar-refractivity contribution in [3.8, 4) is 0 Å². The summed E-state index contributed by atoms with van der Waals surface area (Å²) in [5.41, 5.74) is 11.8. The molecular formula is C26H40N5+. The first-order valence-electron chi connectivity index (χ1n) is 11.9. The molecule has 2 aromatic rings. The number of hydrogen-bond donors (Lipinski definition) is 1. The summed E-state index contributed by atoms with van der Waals surface area (Å²) in [7, 11) is 2.00. The van der Waals surface area contributed by atoms with Gasteiger partial charge in [0.1, 0.15) is 0 Å². The molecule has 2 aliphatic carbocycles. The Bertz CT molecular complexity index is 1030. The van der Waals surface area contributed by atoms with Crippen LogP contribution >= 0.6 is 0 Å². The van der Waals surface area contributed by atoms with Crippen LogP contribution in [0.2, 0.25) is 0 Å². The maximum Gasteiger partial charge on any atom is 0.307 e. The third-order valence-electron chi connectivity index (χ3n) is 9.05. The van der Waals surface area contributed by atoms with Crippen LogP contribution in [-0.4, -0.2) is 14.5 Å². The number of hydrogen-bond acceptors (Lipinski definition) is 3. The quantitative estimate of drug-likeness (QED) is 0.521. The minimum atomic E-state index is 0.396. The highest BCUT2D eigenvalue weighted by Crippen LogP contribution is 2.61. The minimum Gasteiger partial charge on any atom is -0.380 e. The van der Waals surface area contributed by atoms with Gasteiger partial charge in [-0.2, -0.15) is 4.98 Å². The summed E-state index contributed by atoms with van der Waals surface area (Å²) < 4.78 is 4.17. The van der Waals surface area contributed by atoms with Gasteiger partial charge in [-0.3, -0.25) is 4.57 Å². The van der Waals surface area contributed by atoms with Crippen molar-refractivity contribution in [2.75, 3.05) is 5.73 Å². The molecule has 1 saturated carbocycles. The highest BCUT2D eigenvalue weighted by Gasteiger charge is 2.52. The van der Waals surface area contributed by atoms with Crippen molar-refractivity contribution >= 4 is 17.0 Å². The SMILES string of the molecule is CC(=CCn1c[n+](C)c2ncnc(N)c21)CC[C@]1(C)[C@@H](C)CC[C@]2(C)C(C)=CCC[C@@H]12. The van der Waals surface area contributed by atoms with Gasteiger partial charge in [0.05, 0.1) is 13.6 Å². The van der Waals surface area contributed by atoms with E-state index in [0.29, 0.717) is 16.6 Å². The van der Waals surface area contributed by atoms with Gasteiger partial charge >= 0.3 is 5.65 Å². The molecule has 0 unspecified atom stereocenters. The van der Waals surface area contributed by atoms with Gasteiger partial charge < -0.3 is 5.73 Å². The second kappa shape index (κ2) is 8.07. The van der Waals surface area contributed by atoms with E-state index in [-0.39, 0.29) is 0 Å². The Morgan fingerprint density at radius 1 is 1.32 bits per heavy atom. The fourth-order valence-corrected chi connectivity index (χ4v) is 6.53. The van der Waals surface area contributed by atoms with Crippen molar-refractivity contribution in [3.63, 3.8) is 0 Å². The zero-order valence-corrected chi connectivity index (χ0v) is 20.3. The summed E-state index contributed by atoms with van der Waals surface area (Å²) in [6.45, 7) is 13.1. The zero-order valence-electron chi connectivity index (χ0n) is 20.3. The van der Waals surface area contributed by atoms with Crippen molar-refractivity contribution < 1.29 is 4.57 Å². The molecule has 31 heavy (non-hydrogen) atoms. The largest absolute Gasteiger partial charge is 0.380 e. The van der Waals surface area contributed by atoms with E-state index in [1.807, 2.05) is 11.6 Å². The number of allylic oxidation sites excluding steroid dienone is 4. The summed E-state index contributed by atoms with van der Waals surface area (Å²) in [4.78, 5) is 8.56. The molecule has 2 aliphatic rings. The molecule has 2 heterocycles. The highest BCUT2D eigenvalue weighted by atomic mass is 15.2. The second-order valence-electron chi connectivity index (χ2n) is 10.7. The van der Waals surface area contributed by atoms with Crippen molar-refractivity contribution in [3.05, 3.63) is 36.0 Å². The van der Waals surface area contributed by atoms with Crippen LogP contribution in [0.25, 0.3) is 11.2 Å². The average molecular weight is 423 g/mol. The van der Waals surface area contributed by atoms with Crippen LogP contribution in [0.15, 0.2) is 36.0 Å². The summed E-state index contributed by atoms with van der Waals surface area (Å²) in [6.07, 6.45) is 16.2. The fourth-order valence-electron chi connectivity index (χ4n) is 6.53. The number of aryl methyl sites for hydroxylation is 1. The molecule has 2 aromatic heterocycles. The first kappa shape index (κ1) is 22.0. The number of nitrogens with zero attached hydrogens (tertiary/aromatic N) is 4. The van der Waals surface area contributed by atoms with Crippen LogP contribution in [0.3, 0.4) is 0 Å². The molecule has 0 aliphatic heterocycles. The van der Waals surface area contributed by atoms with Crippen LogP contribution < -0.4 is 10.3 Å². The lowest BCUT2D eigenvalue weighted by Gasteiger charge is -2.58. The van der Waals surface area contributed by atoms with E-state index < -0.39 is 0 Å². The first-order valence-corrected chi connectivity index (χ1v) is 11.9. The van der Waals surface area contributed by atoms with Crippen molar-refractivity contribution in [2.45, 2.75) is 79.7 Å². The van der Waals surface area contributed by atoms with Crippen molar-refractivity contribution in [1.29, 1.82) is 0 Å². The van der Waals surface area contributed by atoms with Gasteiger partial charge in [-0.15, -0.1) is 0 Å². The summed E-state index contributed by atoms with van der Waals surface area (Å²) in [5.74, 6) is 2.12. The van der Waals surface area contributed by atoms with Crippen molar-refractivity contribution in [1.82, 2.24) is 14.5 Å². The molecule has 4 atom stereocenters. The molecular weight excluding hydrogens is 382 g/mol. The lowest BCUT2D eigenvalue weighted by Crippen LogP contribution is -2.49. The third-order valence-corrected chi connectivity index (χ3v) is 9.05. The normalized spacial score (nSPS) is 31.5. The lowest BCUT2D eigenvalue weighted by molar-refractivity contribution is -0.647. The fraction of sp³-hybridized carbons (Fsp3) is 0.654. The van der Waals surface area contributed by atoms with Gasteiger partial charge in [0.2, 0.25) is 5.52 Å². The number of imidazole rings is 1. The molecule has 0 radical (unpaired) electrons. The Hall–Kier alpha value is -2.17. The number of aromatic nitrogens is 4. The predicted molar refractivity (Wildman–Crippen MR) is 127 cm³/mol. The molecule has 5 heteroatoms. The summed E-state index contributed by atoms with van der Waals surface area (Å²) in [5, 5.41) is 0. The molecule has 168 valence electrons. The van der Waals surface area contributed by atoms with E-state index in [2.05, 4.69) is 67.6 Å². The Morgan fingerprint density at radius 2 is 2.10 bits per heavy atom. The minimum absolute atomic E-state index is 0.396. The van der Waals surface area contributed by atoms with Crippen LogP contribution in [0.5, 0.6) is 0 Å². The second-order valence-corrected chi connectivity index (χ2v) is 10.7. The predicted octanol–water partition coefficient (Wildman–Crippen LogP) is 5.36. The van der Waals surface area contributed by atoms with Gasteiger partial charge in [-0.05, 0) is 75.0 Å². The van der Waals surface area contributed by atoms with E-state index >= 15 is 0 Å². The Labute approximate surface area is 187 Å². The number of nitrogens with two attached hydrogens (primary N) is 1. The van der Waals surface area contributed by atoms with Gasteiger partial charge in [0.15, 0.2) is 18.5 Å². The van der Waals surface area contributed by atoms with Crippen LogP contribution in [-0.2, 0) is 13.6 Å². The van der Waals surface area contributed by atoms with Crippen molar-refractivity contribution in [2.24, 2.45) is 29.7 Å². The van der Waals surface area contributed by atoms with Crippen LogP contribution in [0.4, 0.5) is 5.82 Å². The van der Waals surface area contributed by atoms with E-state index in [4.69, 9.17) is 5.73 Å².